The third-order valence-electron chi connectivity index (χ3n) is 4.80. The number of fused-ring (bicyclic) bond motifs is 1. The molecule has 1 amide bonds. The standard InChI is InChI=1S/C23H18BrCl2N3O/c24-17-8-6-16(7-9-17)23(30)27-12-11-22-28-20-3-1-2-4-21(20)29(22)14-15-5-10-18(25)19(26)13-15/h1-10,13H,11-12,14H2,(H,27,30). The highest BCUT2D eigenvalue weighted by Crippen LogP contribution is 2.25. The zero-order valence-electron chi connectivity index (χ0n) is 15.9. The van der Waals surface area contributed by atoms with E-state index in [1.165, 1.54) is 0 Å². The van der Waals surface area contributed by atoms with Crippen molar-refractivity contribution in [1.29, 1.82) is 0 Å². The summed E-state index contributed by atoms with van der Waals surface area (Å²) < 4.78 is 3.09. The fraction of sp³-hybridized carbons (Fsp3) is 0.130. The number of carbonyl (C=O) groups excluding carboxylic acids is 1. The molecule has 0 radical (unpaired) electrons. The number of rotatable bonds is 6. The predicted molar refractivity (Wildman–Crippen MR) is 125 cm³/mol. The predicted octanol–water partition coefficient (Wildman–Crippen LogP) is 6.13. The van der Waals surface area contributed by atoms with Gasteiger partial charge in [0.2, 0.25) is 0 Å². The number of hydrogen-bond donors (Lipinski definition) is 1. The van der Waals surface area contributed by atoms with Gasteiger partial charge in [-0.15, -0.1) is 0 Å². The largest absolute Gasteiger partial charge is 0.352 e. The first-order valence-corrected chi connectivity index (χ1v) is 11.0. The maximum absolute atomic E-state index is 12.4. The van der Waals surface area contributed by atoms with Crippen LogP contribution in [0.25, 0.3) is 11.0 Å². The van der Waals surface area contributed by atoms with Crippen molar-refractivity contribution in [2.24, 2.45) is 0 Å². The van der Waals surface area contributed by atoms with Crippen LogP contribution in [0.5, 0.6) is 0 Å². The molecule has 30 heavy (non-hydrogen) atoms. The minimum Gasteiger partial charge on any atom is -0.352 e. The second kappa shape index (κ2) is 9.21. The lowest BCUT2D eigenvalue weighted by atomic mass is 10.2. The Labute approximate surface area is 193 Å². The number of aromatic nitrogens is 2. The molecular weight excluding hydrogens is 485 g/mol. The van der Waals surface area contributed by atoms with Gasteiger partial charge >= 0.3 is 0 Å². The fourth-order valence-corrected chi connectivity index (χ4v) is 3.89. The Morgan fingerprint density at radius 2 is 1.77 bits per heavy atom. The van der Waals surface area contributed by atoms with Gasteiger partial charge in [0.05, 0.1) is 21.1 Å². The molecular formula is C23H18BrCl2N3O. The van der Waals surface area contributed by atoms with Crippen LogP contribution in [0.1, 0.15) is 21.7 Å². The van der Waals surface area contributed by atoms with Crippen molar-refractivity contribution in [2.45, 2.75) is 13.0 Å². The number of hydrogen-bond acceptors (Lipinski definition) is 2. The first-order chi connectivity index (χ1) is 14.5. The van der Waals surface area contributed by atoms with Gasteiger partial charge in [-0.3, -0.25) is 4.79 Å². The second-order valence-corrected chi connectivity index (χ2v) is 8.59. The lowest BCUT2D eigenvalue weighted by Crippen LogP contribution is -2.26. The average molecular weight is 503 g/mol. The van der Waals surface area contributed by atoms with Crippen LogP contribution in [0.2, 0.25) is 10.0 Å². The molecule has 0 aliphatic carbocycles. The van der Waals surface area contributed by atoms with Crippen LogP contribution in [0.4, 0.5) is 0 Å². The molecule has 0 atom stereocenters. The lowest BCUT2D eigenvalue weighted by Gasteiger charge is -2.11. The van der Waals surface area contributed by atoms with E-state index in [1.807, 2.05) is 48.5 Å². The molecule has 0 saturated carbocycles. The topological polar surface area (TPSA) is 46.9 Å². The minimum atomic E-state index is -0.102. The van der Waals surface area contributed by atoms with Gasteiger partial charge in [0.1, 0.15) is 5.82 Å². The number of imidazole rings is 1. The zero-order valence-corrected chi connectivity index (χ0v) is 19.0. The van der Waals surface area contributed by atoms with Crippen LogP contribution in [0.3, 0.4) is 0 Å². The maximum Gasteiger partial charge on any atom is 0.251 e. The molecule has 4 rings (SSSR count). The van der Waals surface area contributed by atoms with E-state index in [4.69, 9.17) is 28.2 Å². The maximum atomic E-state index is 12.4. The molecule has 4 aromatic rings. The lowest BCUT2D eigenvalue weighted by molar-refractivity contribution is 0.0954. The van der Waals surface area contributed by atoms with E-state index < -0.39 is 0 Å². The molecule has 0 spiro atoms. The van der Waals surface area contributed by atoms with Crippen molar-refractivity contribution < 1.29 is 4.79 Å². The summed E-state index contributed by atoms with van der Waals surface area (Å²) in [4.78, 5) is 17.2. The third-order valence-corrected chi connectivity index (χ3v) is 6.07. The average Bonchev–Trinajstić information content (AvgIpc) is 3.08. The van der Waals surface area contributed by atoms with Crippen molar-refractivity contribution in [3.63, 3.8) is 0 Å². The SMILES string of the molecule is O=C(NCCc1nc2ccccc2n1Cc1ccc(Cl)c(Cl)c1)c1ccc(Br)cc1. The molecule has 1 N–H and O–H groups in total. The summed E-state index contributed by atoms with van der Waals surface area (Å²) >= 11 is 15.6. The number of carbonyl (C=O) groups is 1. The number of benzene rings is 3. The van der Waals surface area contributed by atoms with E-state index in [2.05, 4.69) is 25.8 Å². The molecule has 0 aliphatic rings. The molecule has 0 fully saturated rings. The fourth-order valence-electron chi connectivity index (χ4n) is 3.30. The van der Waals surface area contributed by atoms with Gasteiger partial charge in [0.15, 0.2) is 0 Å². The Morgan fingerprint density at radius 1 is 1.00 bits per heavy atom. The van der Waals surface area contributed by atoms with E-state index in [0.717, 1.165) is 26.9 Å². The van der Waals surface area contributed by atoms with Gasteiger partial charge in [0, 0.05) is 29.5 Å². The van der Waals surface area contributed by atoms with Crippen LogP contribution in [0, 0.1) is 0 Å². The first-order valence-electron chi connectivity index (χ1n) is 9.43. The number of nitrogens with zero attached hydrogens (tertiary/aromatic N) is 2. The highest BCUT2D eigenvalue weighted by Gasteiger charge is 2.12. The first kappa shape index (κ1) is 20.9. The number of para-hydroxylation sites is 2. The van der Waals surface area contributed by atoms with E-state index in [-0.39, 0.29) is 5.91 Å². The molecule has 152 valence electrons. The van der Waals surface area contributed by atoms with E-state index in [9.17, 15) is 4.79 Å². The normalized spacial score (nSPS) is 11.0. The van der Waals surface area contributed by atoms with Crippen molar-refractivity contribution in [3.8, 4) is 0 Å². The minimum absolute atomic E-state index is 0.102. The number of amides is 1. The third kappa shape index (κ3) is 4.69. The highest BCUT2D eigenvalue weighted by molar-refractivity contribution is 9.10. The monoisotopic (exact) mass is 501 g/mol. The van der Waals surface area contributed by atoms with Gasteiger partial charge < -0.3 is 9.88 Å². The van der Waals surface area contributed by atoms with Crippen LogP contribution in [-0.4, -0.2) is 22.0 Å². The van der Waals surface area contributed by atoms with E-state index >= 15 is 0 Å². The molecule has 1 aromatic heterocycles. The molecule has 0 saturated heterocycles. The van der Waals surface area contributed by atoms with Crippen molar-refractivity contribution >= 4 is 56.1 Å². The second-order valence-electron chi connectivity index (χ2n) is 6.86. The summed E-state index contributed by atoms with van der Waals surface area (Å²) in [6, 6.07) is 20.9. The highest BCUT2D eigenvalue weighted by atomic mass is 79.9. The summed E-state index contributed by atoms with van der Waals surface area (Å²) in [7, 11) is 0. The van der Waals surface area contributed by atoms with Crippen LogP contribution >= 0.6 is 39.1 Å². The summed E-state index contributed by atoms with van der Waals surface area (Å²) in [5, 5.41) is 4.04. The Morgan fingerprint density at radius 3 is 2.53 bits per heavy atom. The van der Waals surface area contributed by atoms with Crippen molar-refractivity contribution in [3.05, 3.63) is 98.2 Å². The zero-order chi connectivity index (χ0) is 21.1. The molecule has 0 aliphatic heterocycles. The molecule has 0 bridgehead atoms. The van der Waals surface area contributed by atoms with Crippen LogP contribution in [-0.2, 0) is 13.0 Å². The summed E-state index contributed by atoms with van der Waals surface area (Å²) in [6.07, 6.45) is 0.609. The van der Waals surface area contributed by atoms with Gasteiger partial charge in [-0.05, 0) is 54.1 Å². The molecule has 7 heteroatoms. The Balaban J connectivity index is 1.53. The van der Waals surface area contributed by atoms with Gasteiger partial charge in [-0.2, -0.15) is 0 Å². The Bertz CT molecular complexity index is 1210. The quantitative estimate of drug-likeness (QED) is 0.345. The Hall–Kier alpha value is -2.34. The molecule has 4 nitrogen and oxygen atoms in total. The van der Waals surface area contributed by atoms with Crippen LogP contribution < -0.4 is 5.32 Å². The smallest absolute Gasteiger partial charge is 0.251 e. The summed E-state index contributed by atoms with van der Waals surface area (Å²) in [5.74, 6) is 0.799. The van der Waals surface area contributed by atoms with E-state index in [1.54, 1.807) is 18.2 Å². The number of halogens is 3. The van der Waals surface area contributed by atoms with Gasteiger partial charge in [0.25, 0.3) is 5.91 Å². The summed E-state index contributed by atoms with van der Waals surface area (Å²) in [5.41, 5.74) is 3.62. The van der Waals surface area contributed by atoms with Gasteiger partial charge in [-0.25, -0.2) is 4.98 Å². The number of nitrogens with one attached hydrogen (secondary N) is 1. The van der Waals surface area contributed by atoms with E-state index in [0.29, 0.717) is 35.1 Å². The van der Waals surface area contributed by atoms with Crippen molar-refractivity contribution in [2.75, 3.05) is 6.54 Å². The molecule has 0 unspecified atom stereocenters. The van der Waals surface area contributed by atoms with Crippen LogP contribution in [0.15, 0.2) is 71.2 Å². The van der Waals surface area contributed by atoms with Crippen molar-refractivity contribution in [1.82, 2.24) is 14.9 Å². The summed E-state index contributed by atoms with van der Waals surface area (Å²) in [6.45, 7) is 1.10. The van der Waals surface area contributed by atoms with Gasteiger partial charge in [-0.1, -0.05) is 57.3 Å². The molecule has 3 aromatic carbocycles. The Kier molecular flexibility index (Phi) is 6.42. The molecule has 1 heterocycles.